The number of carbonyl (C=O) groups excluding carboxylic acids is 1. The fourth-order valence-corrected chi connectivity index (χ4v) is 4.80. The van der Waals surface area contributed by atoms with Gasteiger partial charge in [-0.15, -0.1) is 0 Å². The number of ether oxygens (including phenoxy) is 1. The Bertz CT molecular complexity index is 943. The van der Waals surface area contributed by atoms with Crippen LogP contribution in [-0.2, 0) is 21.4 Å². The molecule has 2 aromatic rings. The third kappa shape index (κ3) is 5.17. The van der Waals surface area contributed by atoms with Crippen LogP contribution in [0.4, 0.5) is 0 Å². The molecule has 0 aliphatic carbocycles. The Morgan fingerprint density at radius 2 is 1.75 bits per heavy atom. The standard InChI is InChI=1S/C19H20Cl2N2O4S/c20-15-5-3-14(4-6-15)12-22-19(24)13-27-18-8-7-16(11-17(18)21)28(25,26)23-9-1-2-10-23/h3-8,11H,1-2,9-10,12-13H2,(H,22,24). The smallest absolute Gasteiger partial charge is 0.258 e. The van der Waals surface area contributed by atoms with Gasteiger partial charge in [0.1, 0.15) is 5.75 Å². The molecule has 0 spiro atoms. The lowest BCUT2D eigenvalue weighted by atomic mass is 10.2. The highest BCUT2D eigenvalue weighted by Gasteiger charge is 2.27. The summed E-state index contributed by atoms with van der Waals surface area (Å²) in [6, 6.07) is 11.4. The number of rotatable bonds is 7. The highest BCUT2D eigenvalue weighted by molar-refractivity contribution is 7.89. The zero-order chi connectivity index (χ0) is 20.1. The van der Waals surface area contributed by atoms with Crippen molar-refractivity contribution >= 4 is 39.1 Å². The first kappa shape index (κ1) is 20.9. The third-order valence-electron chi connectivity index (χ3n) is 4.37. The molecule has 2 aromatic carbocycles. The van der Waals surface area contributed by atoms with E-state index in [0.29, 0.717) is 24.7 Å². The Kier molecular flexibility index (Phi) is 6.82. The molecule has 28 heavy (non-hydrogen) atoms. The molecule has 1 N–H and O–H groups in total. The number of nitrogens with zero attached hydrogens (tertiary/aromatic N) is 1. The van der Waals surface area contributed by atoms with Crippen LogP contribution in [0.1, 0.15) is 18.4 Å². The van der Waals surface area contributed by atoms with E-state index in [2.05, 4.69) is 5.32 Å². The van der Waals surface area contributed by atoms with Gasteiger partial charge in [-0.3, -0.25) is 4.79 Å². The lowest BCUT2D eigenvalue weighted by Gasteiger charge is -2.16. The first-order chi connectivity index (χ1) is 13.4. The van der Waals surface area contributed by atoms with E-state index >= 15 is 0 Å². The molecule has 3 rings (SSSR count). The molecule has 9 heteroatoms. The largest absolute Gasteiger partial charge is 0.482 e. The van der Waals surface area contributed by atoms with E-state index in [1.807, 2.05) is 12.1 Å². The van der Waals surface area contributed by atoms with E-state index in [-0.39, 0.29) is 28.2 Å². The quantitative estimate of drug-likeness (QED) is 0.711. The molecular weight excluding hydrogens is 423 g/mol. The van der Waals surface area contributed by atoms with Gasteiger partial charge in [-0.25, -0.2) is 8.42 Å². The van der Waals surface area contributed by atoms with Gasteiger partial charge in [0, 0.05) is 24.7 Å². The summed E-state index contributed by atoms with van der Waals surface area (Å²) in [6.45, 7) is 1.16. The van der Waals surface area contributed by atoms with Crippen LogP contribution in [-0.4, -0.2) is 38.3 Å². The molecule has 0 radical (unpaired) electrons. The molecule has 0 atom stereocenters. The number of sulfonamides is 1. The van der Waals surface area contributed by atoms with Crippen LogP contribution >= 0.6 is 23.2 Å². The maximum Gasteiger partial charge on any atom is 0.258 e. The molecule has 0 saturated carbocycles. The van der Waals surface area contributed by atoms with E-state index in [9.17, 15) is 13.2 Å². The Morgan fingerprint density at radius 3 is 2.39 bits per heavy atom. The predicted molar refractivity (Wildman–Crippen MR) is 108 cm³/mol. The van der Waals surface area contributed by atoms with Crippen LogP contribution in [0, 0.1) is 0 Å². The molecule has 1 aliphatic rings. The minimum atomic E-state index is -3.55. The molecule has 1 heterocycles. The lowest BCUT2D eigenvalue weighted by Crippen LogP contribution is -2.28. The van der Waals surface area contributed by atoms with Crippen molar-refractivity contribution in [1.82, 2.24) is 9.62 Å². The fraction of sp³-hybridized carbons (Fsp3) is 0.316. The van der Waals surface area contributed by atoms with Gasteiger partial charge in [-0.1, -0.05) is 35.3 Å². The van der Waals surface area contributed by atoms with Crippen LogP contribution < -0.4 is 10.1 Å². The number of hydrogen-bond acceptors (Lipinski definition) is 4. The monoisotopic (exact) mass is 442 g/mol. The van der Waals surface area contributed by atoms with E-state index in [0.717, 1.165) is 18.4 Å². The Morgan fingerprint density at radius 1 is 1.07 bits per heavy atom. The summed E-state index contributed by atoms with van der Waals surface area (Å²) in [5, 5.41) is 3.50. The highest BCUT2D eigenvalue weighted by atomic mass is 35.5. The second kappa shape index (κ2) is 9.13. The number of benzene rings is 2. The second-order valence-electron chi connectivity index (χ2n) is 6.40. The van der Waals surface area contributed by atoms with Crippen LogP contribution in [0.25, 0.3) is 0 Å². The van der Waals surface area contributed by atoms with Crippen molar-refractivity contribution in [3.05, 3.63) is 58.1 Å². The van der Waals surface area contributed by atoms with Crippen molar-refractivity contribution in [1.29, 1.82) is 0 Å². The summed E-state index contributed by atoms with van der Waals surface area (Å²) < 4.78 is 32.0. The summed E-state index contributed by atoms with van der Waals surface area (Å²) in [7, 11) is -3.55. The predicted octanol–water partition coefficient (Wildman–Crippen LogP) is 3.47. The van der Waals surface area contributed by atoms with Gasteiger partial charge in [0.25, 0.3) is 5.91 Å². The zero-order valence-corrected chi connectivity index (χ0v) is 17.4. The number of carbonyl (C=O) groups is 1. The maximum atomic E-state index is 12.6. The van der Waals surface area contributed by atoms with Crippen molar-refractivity contribution in [3.8, 4) is 5.75 Å². The van der Waals surface area contributed by atoms with Crippen molar-refractivity contribution in [2.75, 3.05) is 19.7 Å². The SMILES string of the molecule is O=C(COc1ccc(S(=O)(=O)N2CCCC2)cc1Cl)NCc1ccc(Cl)cc1. The van der Waals surface area contributed by atoms with E-state index in [1.165, 1.54) is 22.5 Å². The molecule has 0 unspecified atom stereocenters. The van der Waals surface area contributed by atoms with Crippen molar-refractivity contribution < 1.29 is 17.9 Å². The van der Waals surface area contributed by atoms with Gasteiger partial charge in [0.15, 0.2) is 6.61 Å². The van der Waals surface area contributed by atoms with Crippen LogP contribution in [0.3, 0.4) is 0 Å². The summed E-state index contributed by atoms with van der Waals surface area (Å²) in [4.78, 5) is 12.1. The Labute approximate surface area is 174 Å². The maximum absolute atomic E-state index is 12.6. The van der Waals surface area contributed by atoms with Crippen LogP contribution in [0.5, 0.6) is 5.75 Å². The first-order valence-electron chi connectivity index (χ1n) is 8.80. The van der Waals surface area contributed by atoms with Gasteiger partial charge in [0.2, 0.25) is 10.0 Å². The third-order valence-corrected chi connectivity index (χ3v) is 6.81. The van der Waals surface area contributed by atoms with Gasteiger partial charge >= 0.3 is 0 Å². The van der Waals surface area contributed by atoms with Gasteiger partial charge in [-0.2, -0.15) is 4.31 Å². The summed E-state index contributed by atoms with van der Waals surface area (Å²) in [5.74, 6) is -0.0662. The fourth-order valence-electron chi connectivity index (χ4n) is 2.83. The minimum Gasteiger partial charge on any atom is -0.482 e. The van der Waals surface area contributed by atoms with Crippen molar-refractivity contribution in [2.45, 2.75) is 24.3 Å². The number of nitrogens with one attached hydrogen (secondary N) is 1. The Hall–Kier alpha value is -1.80. The van der Waals surface area contributed by atoms with Gasteiger partial charge < -0.3 is 10.1 Å². The first-order valence-corrected chi connectivity index (χ1v) is 11.0. The summed E-state index contributed by atoms with van der Waals surface area (Å²) in [5.41, 5.74) is 0.909. The molecule has 1 aliphatic heterocycles. The number of amides is 1. The Balaban J connectivity index is 1.55. The molecule has 1 amide bonds. The van der Waals surface area contributed by atoms with E-state index in [4.69, 9.17) is 27.9 Å². The average molecular weight is 443 g/mol. The molecule has 6 nitrogen and oxygen atoms in total. The van der Waals surface area contributed by atoms with Crippen LogP contribution in [0.2, 0.25) is 10.0 Å². The lowest BCUT2D eigenvalue weighted by molar-refractivity contribution is -0.123. The zero-order valence-electron chi connectivity index (χ0n) is 15.0. The summed E-state index contributed by atoms with van der Waals surface area (Å²) >= 11 is 12.0. The molecule has 1 fully saturated rings. The van der Waals surface area contributed by atoms with E-state index in [1.54, 1.807) is 12.1 Å². The average Bonchev–Trinajstić information content (AvgIpc) is 3.22. The second-order valence-corrected chi connectivity index (χ2v) is 9.18. The molecule has 0 bridgehead atoms. The molecule has 150 valence electrons. The topological polar surface area (TPSA) is 75.7 Å². The van der Waals surface area contributed by atoms with Crippen molar-refractivity contribution in [2.24, 2.45) is 0 Å². The summed E-state index contributed by atoms with van der Waals surface area (Å²) in [6.07, 6.45) is 1.72. The number of halogens is 2. The van der Waals surface area contributed by atoms with Gasteiger partial charge in [0.05, 0.1) is 9.92 Å². The van der Waals surface area contributed by atoms with Gasteiger partial charge in [-0.05, 0) is 48.7 Å². The van der Waals surface area contributed by atoms with Crippen LogP contribution in [0.15, 0.2) is 47.4 Å². The molecule has 0 aromatic heterocycles. The number of hydrogen-bond donors (Lipinski definition) is 1. The molecular formula is C19H20Cl2N2O4S. The van der Waals surface area contributed by atoms with Crippen molar-refractivity contribution in [3.63, 3.8) is 0 Å². The highest BCUT2D eigenvalue weighted by Crippen LogP contribution is 2.29. The normalized spacial score (nSPS) is 14.8. The molecule has 1 saturated heterocycles. The van der Waals surface area contributed by atoms with E-state index < -0.39 is 10.0 Å². The minimum absolute atomic E-state index is 0.124.